The molecule has 0 aromatic rings. The topological polar surface area (TPSA) is 60.4 Å². The summed E-state index contributed by atoms with van der Waals surface area (Å²) in [4.78, 5) is 10.9. The van der Waals surface area contributed by atoms with E-state index in [0.29, 0.717) is 12.8 Å². The highest BCUT2D eigenvalue weighted by Crippen LogP contribution is 2.24. The van der Waals surface area contributed by atoms with Crippen LogP contribution in [0.25, 0.3) is 0 Å². The minimum absolute atomic E-state index is 0.324. The minimum Gasteiger partial charge on any atom is -0.468 e. The van der Waals surface area contributed by atoms with Crippen molar-refractivity contribution in [2.75, 3.05) is 12.9 Å². The van der Waals surface area contributed by atoms with Crippen LogP contribution in [0.5, 0.6) is 0 Å². The molecular weight excluding hydrogens is 204 g/mol. The van der Waals surface area contributed by atoms with Crippen molar-refractivity contribution in [2.24, 2.45) is 0 Å². The lowest BCUT2D eigenvalue weighted by Gasteiger charge is -2.20. The summed E-state index contributed by atoms with van der Waals surface area (Å²) in [6, 6.07) is 0. The molecule has 0 atom stereocenters. The van der Waals surface area contributed by atoms with Gasteiger partial charge in [-0.2, -0.15) is 0 Å². The second-order valence-corrected chi connectivity index (χ2v) is 5.92. The average molecular weight is 220 g/mol. The zero-order valence-corrected chi connectivity index (χ0v) is 9.18. The molecule has 1 fully saturated rings. The zero-order chi connectivity index (χ0) is 10.6. The van der Waals surface area contributed by atoms with Crippen LogP contribution in [0.4, 0.5) is 0 Å². The van der Waals surface area contributed by atoms with E-state index in [1.807, 2.05) is 0 Å². The standard InChI is InChI=1S/C9H16O4S/c1-13-9(10)7-14(11,12)8-5-3-2-4-6-8/h8H,2-7H2,1H3. The summed E-state index contributed by atoms with van der Waals surface area (Å²) in [7, 11) is -2.06. The van der Waals surface area contributed by atoms with Crippen molar-refractivity contribution in [3.05, 3.63) is 0 Å². The molecule has 14 heavy (non-hydrogen) atoms. The van der Waals surface area contributed by atoms with Gasteiger partial charge in [-0.05, 0) is 12.8 Å². The van der Waals surface area contributed by atoms with Gasteiger partial charge in [-0.15, -0.1) is 0 Å². The molecule has 0 unspecified atom stereocenters. The molecule has 5 heteroatoms. The van der Waals surface area contributed by atoms with E-state index in [4.69, 9.17) is 0 Å². The Bertz CT molecular complexity index is 288. The highest BCUT2D eigenvalue weighted by Gasteiger charge is 2.29. The fraction of sp³-hybridized carbons (Fsp3) is 0.889. The third-order valence-electron chi connectivity index (χ3n) is 2.61. The van der Waals surface area contributed by atoms with E-state index in [9.17, 15) is 13.2 Å². The summed E-state index contributed by atoms with van der Waals surface area (Å²) in [6.07, 6.45) is 4.39. The van der Waals surface area contributed by atoms with E-state index in [2.05, 4.69) is 4.74 Å². The Kier molecular flexibility index (Phi) is 3.92. The lowest BCUT2D eigenvalue weighted by atomic mass is 10.0. The number of methoxy groups -OCH3 is 1. The number of carbonyl (C=O) groups is 1. The Morgan fingerprint density at radius 1 is 1.29 bits per heavy atom. The predicted molar refractivity (Wildman–Crippen MR) is 52.7 cm³/mol. The van der Waals surface area contributed by atoms with Crippen molar-refractivity contribution in [2.45, 2.75) is 37.4 Å². The number of hydrogen-bond donors (Lipinski definition) is 0. The third-order valence-corrected chi connectivity index (χ3v) is 4.73. The van der Waals surface area contributed by atoms with E-state index >= 15 is 0 Å². The van der Waals surface area contributed by atoms with Crippen molar-refractivity contribution in [1.82, 2.24) is 0 Å². The van der Waals surface area contributed by atoms with Crippen LogP contribution in [0.15, 0.2) is 0 Å². The first-order valence-corrected chi connectivity index (χ1v) is 6.56. The van der Waals surface area contributed by atoms with Gasteiger partial charge in [0.1, 0.15) is 5.75 Å². The molecule has 0 heterocycles. The lowest BCUT2D eigenvalue weighted by Crippen LogP contribution is -2.30. The van der Waals surface area contributed by atoms with Crippen LogP contribution in [-0.2, 0) is 19.4 Å². The largest absolute Gasteiger partial charge is 0.468 e. The molecular formula is C9H16O4S. The molecule has 1 aliphatic rings. The van der Waals surface area contributed by atoms with E-state index < -0.39 is 21.6 Å². The normalized spacial score (nSPS) is 19.2. The summed E-state index contributed by atoms with van der Waals surface area (Å²) in [5.74, 6) is -1.12. The maximum atomic E-state index is 11.7. The fourth-order valence-electron chi connectivity index (χ4n) is 1.77. The molecule has 1 saturated carbocycles. The molecule has 82 valence electrons. The van der Waals surface area contributed by atoms with E-state index in [-0.39, 0.29) is 5.25 Å². The Labute approximate surface area is 84.6 Å². The van der Waals surface area contributed by atoms with Crippen LogP contribution in [0.3, 0.4) is 0 Å². The summed E-state index contributed by atoms with van der Waals surface area (Å²) in [5.41, 5.74) is 0. The first-order valence-electron chi connectivity index (χ1n) is 4.84. The molecule has 1 rings (SSSR count). The fourth-order valence-corrected chi connectivity index (χ4v) is 3.50. The molecule has 0 spiro atoms. The number of esters is 1. The van der Waals surface area contributed by atoms with Crippen molar-refractivity contribution in [3.63, 3.8) is 0 Å². The average Bonchev–Trinajstić information content (AvgIpc) is 2.18. The van der Waals surface area contributed by atoms with Crippen LogP contribution < -0.4 is 0 Å². The van der Waals surface area contributed by atoms with Gasteiger partial charge >= 0.3 is 5.97 Å². The van der Waals surface area contributed by atoms with Crippen molar-refractivity contribution >= 4 is 15.8 Å². The molecule has 0 radical (unpaired) electrons. The van der Waals surface area contributed by atoms with Gasteiger partial charge in [0, 0.05) is 0 Å². The first-order chi connectivity index (χ1) is 6.56. The third kappa shape index (κ3) is 2.97. The van der Waals surface area contributed by atoms with Gasteiger partial charge in [0.05, 0.1) is 12.4 Å². The molecule has 0 aromatic heterocycles. The molecule has 0 bridgehead atoms. The molecule has 0 aromatic carbocycles. The van der Waals surface area contributed by atoms with Gasteiger partial charge in [0.25, 0.3) is 0 Å². The van der Waals surface area contributed by atoms with E-state index in [0.717, 1.165) is 19.3 Å². The number of sulfone groups is 1. The van der Waals surface area contributed by atoms with Crippen LogP contribution in [0.1, 0.15) is 32.1 Å². The van der Waals surface area contributed by atoms with Gasteiger partial charge in [-0.25, -0.2) is 8.42 Å². The number of rotatable bonds is 3. The van der Waals surface area contributed by atoms with E-state index in [1.165, 1.54) is 7.11 Å². The lowest BCUT2D eigenvalue weighted by molar-refractivity contribution is -0.137. The maximum Gasteiger partial charge on any atom is 0.320 e. The van der Waals surface area contributed by atoms with Crippen LogP contribution in [0, 0.1) is 0 Å². The number of carbonyl (C=O) groups excluding carboxylic acids is 1. The van der Waals surface area contributed by atoms with Gasteiger partial charge in [0.15, 0.2) is 9.84 Å². The molecule has 4 nitrogen and oxygen atoms in total. The van der Waals surface area contributed by atoms with Crippen molar-refractivity contribution in [3.8, 4) is 0 Å². The molecule has 0 amide bonds. The van der Waals surface area contributed by atoms with Gasteiger partial charge in [-0.3, -0.25) is 4.79 Å². The zero-order valence-electron chi connectivity index (χ0n) is 8.36. The SMILES string of the molecule is COC(=O)CS(=O)(=O)C1CCCCC1. The molecule has 1 aliphatic carbocycles. The van der Waals surface area contributed by atoms with Crippen LogP contribution in [0.2, 0.25) is 0 Å². The summed E-state index contributed by atoms with van der Waals surface area (Å²) >= 11 is 0. The highest BCUT2D eigenvalue weighted by atomic mass is 32.2. The highest BCUT2D eigenvalue weighted by molar-refractivity contribution is 7.92. The molecule has 0 saturated heterocycles. The Hall–Kier alpha value is -0.580. The van der Waals surface area contributed by atoms with E-state index in [1.54, 1.807) is 0 Å². The molecule has 0 N–H and O–H groups in total. The maximum absolute atomic E-state index is 11.7. The second kappa shape index (κ2) is 4.77. The number of hydrogen-bond acceptors (Lipinski definition) is 4. The Balaban J connectivity index is 2.59. The summed E-state index contributed by atoms with van der Waals surface area (Å²) < 4.78 is 27.7. The predicted octanol–water partition coefficient (Wildman–Crippen LogP) is 0.907. The quantitative estimate of drug-likeness (QED) is 0.663. The summed E-state index contributed by atoms with van der Waals surface area (Å²) in [5, 5.41) is -0.324. The monoisotopic (exact) mass is 220 g/mol. The van der Waals surface area contributed by atoms with Crippen LogP contribution >= 0.6 is 0 Å². The van der Waals surface area contributed by atoms with Crippen molar-refractivity contribution < 1.29 is 17.9 Å². The second-order valence-electron chi connectivity index (χ2n) is 3.64. The smallest absolute Gasteiger partial charge is 0.320 e. The summed E-state index contributed by atoms with van der Waals surface area (Å²) in [6.45, 7) is 0. The van der Waals surface area contributed by atoms with Gasteiger partial charge < -0.3 is 4.74 Å². The van der Waals surface area contributed by atoms with Crippen LogP contribution in [-0.4, -0.2) is 32.5 Å². The molecule has 0 aliphatic heterocycles. The Morgan fingerprint density at radius 2 is 1.86 bits per heavy atom. The van der Waals surface area contributed by atoms with Crippen molar-refractivity contribution in [1.29, 1.82) is 0 Å². The van der Waals surface area contributed by atoms with Gasteiger partial charge in [-0.1, -0.05) is 19.3 Å². The Morgan fingerprint density at radius 3 is 2.36 bits per heavy atom. The first kappa shape index (κ1) is 11.5. The minimum atomic E-state index is -3.27. The number of ether oxygens (including phenoxy) is 1. The van der Waals surface area contributed by atoms with Gasteiger partial charge in [0.2, 0.25) is 0 Å².